The molecule has 0 heterocycles. The Bertz CT molecular complexity index is 793. The minimum atomic E-state index is -0.494. The van der Waals surface area contributed by atoms with Crippen molar-refractivity contribution in [3.8, 4) is 5.75 Å². The van der Waals surface area contributed by atoms with Gasteiger partial charge in [0.1, 0.15) is 5.75 Å². The van der Waals surface area contributed by atoms with E-state index in [9.17, 15) is 14.9 Å². The molecule has 0 saturated carbocycles. The van der Waals surface area contributed by atoms with Crippen LogP contribution in [0.4, 0.5) is 5.69 Å². The lowest BCUT2D eigenvalue weighted by atomic mass is 10.2. The highest BCUT2D eigenvalue weighted by Crippen LogP contribution is 2.23. The molecule has 0 aliphatic carbocycles. The van der Waals surface area contributed by atoms with E-state index in [1.165, 1.54) is 18.3 Å². The van der Waals surface area contributed by atoms with Crippen LogP contribution in [-0.4, -0.2) is 23.7 Å². The fourth-order valence-electron chi connectivity index (χ4n) is 1.91. The number of amides is 1. The zero-order chi connectivity index (χ0) is 17.5. The van der Waals surface area contributed by atoms with E-state index >= 15 is 0 Å². The number of nitro benzene ring substituents is 1. The number of hydrazone groups is 1. The van der Waals surface area contributed by atoms with Gasteiger partial charge in [0.05, 0.1) is 23.3 Å². The monoisotopic (exact) mass is 391 g/mol. The molecule has 2 rings (SSSR count). The summed E-state index contributed by atoms with van der Waals surface area (Å²) in [7, 11) is 0. The Labute approximate surface area is 146 Å². The van der Waals surface area contributed by atoms with Crippen molar-refractivity contribution in [2.24, 2.45) is 5.10 Å². The molecule has 0 aliphatic rings. The van der Waals surface area contributed by atoms with Crippen LogP contribution in [-0.2, 0) is 0 Å². The highest BCUT2D eigenvalue weighted by atomic mass is 79.9. The molecule has 0 bridgehead atoms. The minimum absolute atomic E-state index is 0.0455. The van der Waals surface area contributed by atoms with Gasteiger partial charge in [0.15, 0.2) is 0 Å². The lowest BCUT2D eigenvalue weighted by Crippen LogP contribution is -2.18. The van der Waals surface area contributed by atoms with Crippen LogP contribution >= 0.6 is 15.9 Å². The Balaban J connectivity index is 2.12. The molecule has 0 aromatic heterocycles. The van der Waals surface area contributed by atoms with E-state index in [1.807, 2.05) is 6.92 Å². The van der Waals surface area contributed by atoms with Gasteiger partial charge in [-0.15, -0.1) is 0 Å². The van der Waals surface area contributed by atoms with E-state index in [0.29, 0.717) is 23.5 Å². The van der Waals surface area contributed by atoms with Crippen LogP contribution in [0.5, 0.6) is 5.75 Å². The van der Waals surface area contributed by atoms with E-state index in [0.717, 1.165) is 4.47 Å². The summed E-state index contributed by atoms with van der Waals surface area (Å²) in [6.07, 6.45) is 1.34. The summed E-state index contributed by atoms with van der Waals surface area (Å²) < 4.78 is 6.15. The fraction of sp³-hybridized carbons (Fsp3) is 0.125. The van der Waals surface area contributed by atoms with Gasteiger partial charge in [-0.05, 0) is 25.1 Å². The summed E-state index contributed by atoms with van der Waals surface area (Å²) in [5, 5.41) is 14.6. The topological polar surface area (TPSA) is 93.8 Å². The smallest absolute Gasteiger partial charge is 0.275 e. The van der Waals surface area contributed by atoms with E-state index in [2.05, 4.69) is 26.5 Å². The molecule has 0 unspecified atom stereocenters. The Hall–Kier alpha value is -2.74. The predicted octanol–water partition coefficient (Wildman–Crippen LogP) is 3.52. The molecular weight excluding hydrogens is 378 g/mol. The second-order valence-corrected chi connectivity index (χ2v) is 5.54. The number of carbonyl (C=O) groups is 1. The van der Waals surface area contributed by atoms with Gasteiger partial charge in [-0.25, -0.2) is 5.43 Å². The average molecular weight is 392 g/mol. The third kappa shape index (κ3) is 4.63. The van der Waals surface area contributed by atoms with Crippen LogP contribution in [0.2, 0.25) is 0 Å². The zero-order valence-electron chi connectivity index (χ0n) is 12.7. The van der Waals surface area contributed by atoms with Crippen LogP contribution in [0.1, 0.15) is 22.8 Å². The van der Waals surface area contributed by atoms with Gasteiger partial charge in [0.25, 0.3) is 11.6 Å². The number of rotatable bonds is 6. The van der Waals surface area contributed by atoms with Crippen molar-refractivity contribution in [1.82, 2.24) is 5.43 Å². The summed E-state index contributed by atoms with van der Waals surface area (Å²) >= 11 is 3.30. The number of benzene rings is 2. The summed E-state index contributed by atoms with van der Waals surface area (Å²) in [6, 6.07) is 11.0. The first-order chi connectivity index (χ1) is 11.5. The lowest BCUT2D eigenvalue weighted by molar-refractivity contribution is -0.384. The minimum Gasteiger partial charge on any atom is -0.493 e. The van der Waals surface area contributed by atoms with E-state index in [-0.39, 0.29) is 5.69 Å². The van der Waals surface area contributed by atoms with Crippen LogP contribution in [0.25, 0.3) is 0 Å². The molecule has 2 aromatic rings. The van der Waals surface area contributed by atoms with Gasteiger partial charge >= 0.3 is 0 Å². The highest BCUT2D eigenvalue weighted by Gasteiger charge is 2.12. The van der Waals surface area contributed by atoms with Gasteiger partial charge in [0, 0.05) is 22.2 Å². The van der Waals surface area contributed by atoms with Gasteiger partial charge in [0.2, 0.25) is 0 Å². The van der Waals surface area contributed by atoms with Gasteiger partial charge in [-0.1, -0.05) is 28.1 Å². The summed E-state index contributed by atoms with van der Waals surface area (Å²) in [4.78, 5) is 22.5. The second-order valence-electron chi connectivity index (χ2n) is 4.62. The number of hydrogen-bond acceptors (Lipinski definition) is 5. The maximum Gasteiger partial charge on any atom is 0.275 e. The largest absolute Gasteiger partial charge is 0.493 e. The second kappa shape index (κ2) is 8.21. The Morgan fingerprint density at radius 3 is 2.88 bits per heavy atom. The average Bonchev–Trinajstić information content (AvgIpc) is 2.57. The molecule has 0 fully saturated rings. The van der Waals surface area contributed by atoms with Crippen LogP contribution in [0.15, 0.2) is 52.0 Å². The number of ether oxygens (including phenoxy) is 1. The molecule has 2 aromatic carbocycles. The third-order valence-corrected chi connectivity index (χ3v) is 3.44. The normalized spacial score (nSPS) is 10.6. The molecule has 1 amide bonds. The van der Waals surface area contributed by atoms with Crippen molar-refractivity contribution in [2.45, 2.75) is 6.92 Å². The molecule has 8 heteroatoms. The number of non-ortho nitro benzene ring substituents is 1. The van der Waals surface area contributed by atoms with Crippen molar-refractivity contribution >= 4 is 33.7 Å². The standard InChI is InChI=1S/C16H14BrN3O4/c1-2-24-15-7-6-12(17)9-14(15)16(21)19-18-10-11-4-3-5-13(8-11)20(22)23/h3-10H,2H2,1H3,(H,19,21)/b18-10-. The van der Waals surface area contributed by atoms with Crippen molar-refractivity contribution in [2.75, 3.05) is 6.61 Å². The Morgan fingerprint density at radius 1 is 1.38 bits per heavy atom. The molecular formula is C16H14BrN3O4. The van der Waals surface area contributed by atoms with Crippen molar-refractivity contribution < 1.29 is 14.5 Å². The SMILES string of the molecule is CCOc1ccc(Br)cc1C(=O)N/N=C\c1cccc([N+](=O)[O-])c1. The number of halogens is 1. The number of nitrogens with zero attached hydrogens (tertiary/aromatic N) is 2. The van der Waals surface area contributed by atoms with Crippen molar-refractivity contribution in [3.63, 3.8) is 0 Å². The molecule has 0 saturated heterocycles. The first kappa shape index (κ1) is 17.6. The number of carbonyl (C=O) groups excluding carboxylic acids is 1. The van der Waals surface area contributed by atoms with Gasteiger partial charge in [-0.3, -0.25) is 14.9 Å². The van der Waals surface area contributed by atoms with Gasteiger partial charge < -0.3 is 4.74 Å². The summed E-state index contributed by atoms with van der Waals surface area (Å²) in [6.45, 7) is 2.25. The van der Waals surface area contributed by atoms with Crippen molar-refractivity contribution in [1.29, 1.82) is 0 Å². The molecule has 0 radical (unpaired) electrons. The number of nitrogens with one attached hydrogen (secondary N) is 1. The molecule has 0 spiro atoms. The molecule has 0 aliphatic heterocycles. The first-order valence-corrected chi connectivity index (χ1v) is 7.80. The Morgan fingerprint density at radius 2 is 2.17 bits per heavy atom. The fourth-order valence-corrected chi connectivity index (χ4v) is 2.27. The summed E-state index contributed by atoms with van der Waals surface area (Å²) in [5.41, 5.74) is 3.18. The lowest BCUT2D eigenvalue weighted by Gasteiger charge is -2.09. The first-order valence-electron chi connectivity index (χ1n) is 7.01. The maximum absolute atomic E-state index is 12.2. The highest BCUT2D eigenvalue weighted by molar-refractivity contribution is 9.10. The molecule has 0 atom stereocenters. The van der Waals surface area contributed by atoms with E-state index in [1.54, 1.807) is 30.3 Å². The van der Waals surface area contributed by atoms with Crippen LogP contribution < -0.4 is 10.2 Å². The van der Waals surface area contributed by atoms with Crippen LogP contribution in [0.3, 0.4) is 0 Å². The summed E-state index contributed by atoms with van der Waals surface area (Å²) in [5.74, 6) is 0.00480. The molecule has 7 nitrogen and oxygen atoms in total. The Kier molecular flexibility index (Phi) is 6.02. The number of hydrogen-bond donors (Lipinski definition) is 1. The van der Waals surface area contributed by atoms with E-state index < -0.39 is 10.8 Å². The van der Waals surface area contributed by atoms with Gasteiger partial charge in [-0.2, -0.15) is 5.10 Å². The third-order valence-electron chi connectivity index (χ3n) is 2.95. The predicted molar refractivity (Wildman–Crippen MR) is 93.5 cm³/mol. The molecule has 124 valence electrons. The number of nitro groups is 1. The van der Waals surface area contributed by atoms with Crippen molar-refractivity contribution in [3.05, 3.63) is 68.2 Å². The van der Waals surface area contributed by atoms with E-state index in [4.69, 9.17) is 4.74 Å². The molecule has 1 N–H and O–H groups in total. The maximum atomic E-state index is 12.2. The quantitative estimate of drug-likeness (QED) is 0.462. The zero-order valence-corrected chi connectivity index (χ0v) is 14.3. The van der Waals surface area contributed by atoms with Crippen LogP contribution in [0, 0.1) is 10.1 Å². The molecule has 24 heavy (non-hydrogen) atoms.